The number of benzene rings is 1. The molecule has 5 aliphatic rings. The molecule has 0 amide bonds. The smallest absolute Gasteiger partial charge is 0.0821 e. The van der Waals surface area contributed by atoms with E-state index in [1.165, 1.54) is 56.4 Å². The van der Waals surface area contributed by atoms with Crippen LogP contribution in [0.3, 0.4) is 0 Å². The van der Waals surface area contributed by atoms with Gasteiger partial charge in [-0.3, -0.25) is 0 Å². The SMILES string of the molecule is CSC1C2CC3(c4ccccc4)CC1C(C(=S)NC1CCC(CN)CC1)(C2)C3. The summed E-state index contributed by atoms with van der Waals surface area (Å²) in [5.74, 6) is 2.31. The Morgan fingerprint density at radius 2 is 1.89 bits per heavy atom. The van der Waals surface area contributed by atoms with E-state index in [-0.39, 0.29) is 5.41 Å². The molecule has 5 unspecified atom stereocenters. The van der Waals surface area contributed by atoms with Crippen molar-refractivity contribution in [3.05, 3.63) is 35.9 Å². The first-order valence-electron chi connectivity index (χ1n) is 11.2. The Labute approximate surface area is 179 Å². The number of thiocarbonyl (C=S) groups is 1. The molecular weight excluding hydrogens is 380 g/mol. The first-order chi connectivity index (χ1) is 13.6. The molecule has 0 aliphatic heterocycles. The molecule has 0 saturated heterocycles. The van der Waals surface area contributed by atoms with Crippen molar-refractivity contribution >= 4 is 29.0 Å². The highest BCUT2D eigenvalue weighted by atomic mass is 32.2. The second kappa shape index (κ2) is 7.28. The third kappa shape index (κ3) is 2.89. The summed E-state index contributed by atoms with van der Waals surface area (Å²) in [5.41, 5.74) is 8.07. The number of thioether (sulfide) groups is 1. The monoisotopic (exact) mass is 414 g/mol. The minimum absolute atomic E-state index is 0.243. The fraction of sp³-hybridized carbons (Fsp3) is 0.708. The molecule has 28 heavy (non-hydrogen) atoms. The van der Waals surface area contributed by atoms with Crippen LogP contribution in [0.15, 0.2) is 30.3 Å². The van der Waals surface area contributed by atoms with Gasteiger partial charge in [-0.15, -0.1) is 0 Å². The molecule has 152 valence electrons. The molecular formula is C24H34N2S2. The Morgan fingerprint density at radius 3 is 2.57 bits per heavy atom. The molecule has 6 rings (SSSR count). The van der Waals surface area contributed by atoms with Crippen molar-refractivity contribution in [1.29, 1.82) is 0 Å². The molecule has 3 N–H and O–H groups in total. The minimum atomic E-state index is 0.243. The molecule has 5 fully saturated rings. The van der Waals surface area contributed by atoms with E-state index in [1.54, 1.807) is 5.56 Å². The lowest BCUT2D eigenvalue weighted by Crippen LogP contribution is -2.47. The van der Waals surface area contributed by atoms with Gasteiger partial charge in [-0.25, -0.2) is 0 Å². The van der Waals surface area contributed by atoms with Crippen LogP contribution in [0.25, 0.3) is 0 Å². The van der Waals surface area contributed by atoms with Gasteiger partial charge in [-0.1, -0.05) is 42.5 Å². The van der Waals surface area contributed by atoms with E-state index in [0.717, 1.165) is 29.5 Å². The average Bonchev–Trinajstić information content (AvgIpc) is 3.11. The van der Waals surface area contributed by atoms with Crippen LogP contribution in [0.2, 0.25) is 0 Å². The minimum Gasteiger partial charge on any atom is -0.376 e. The van der Waals surface area contributed by atoms with Crippen LogP contribution in [0, 0.1) is 23.2 Å². The molecule has 1 aromatic rings. The van der Waals surface area contributed by atoms with Crippen LogP contribution >= 0.6 is 24.0 Å². The number of rotatable bonds is 5. The normalized spacial score (nSPS) is 44.0. The van der Waals surface area contributed by atoms with Gasteiger partial charge in [-0.2, -0.15) is 11.8 Å². The highest BCUT2D eigenvalue weighted by Crippen LogP contribution is 2.72. The van der Waals surface area contributed by atoms with Gasteiger partial charge in [0.1, 0.15) is 0 Å². The third-order valence-electron chi connectivity index (χ3n) is 8.74. The van der Waals surface area contributed by atoms with Gasteiger partial charge in [0.25, 0.3) is 0 Å². The predicted molar refractivity (Wildman–Crippen MR) is 124 cm³/mol. The Hall–Kier alpha value is -0.580. The van der Waals surface area contributed by atoms with Crippen molar-refractivity contribution < 1.29 is 0 Å². The predicted octanol–water partition coefficient (Wildman–Crippen LogP) is 4.91. The number of hydrogen-bond acceptors (Lipinski definition) is 3. The van der Waals surface area contributed by atoms with Gasteiger partial charge in [-0.05, 0) is 92.9 Å². The maximum absolute atomic E-state index is 6.21. The second-order valence-corrected chi connectivity index (χ2v) is 11.5. The van der Waals surface area contributed by atoms with Crippen molar-refractivity contribution in [1.82, 2.24) is 5.32 Å². The highest BCUT2D eigenvalue weighted by molar-refractivity contribution is 7.99. The summed E-state index contributed by atoms with van der Waals surface area (Å²) in [6.07, 6.45) is 12.6. The van der Waals surface area contributed by atoms with E-state index >= 15 is 0 Å². The molecule has 4 bridgehead atoms. The summed E-state index contributed by atoms with van der Waals surface area (Å²) in [6, 6.07) is 11.9. The fourth-order valence-electron chi connectivity index (χ4n) is 7.53. The Morgan fingerprint density at radius 1 is 1.14 bits per heavy atom. The maximum Gasteiger partial charge on any atom is 0.0821 e. The van der Waals surface area contributed by atoms with Crippen molar-refractivity contribution in [2.24, 2.45) is 28.9 Å². The summed E-state index contributed by atoms with van der Waals surface area (Å²) in [7, 11) is 0. The van der Waals surface area contributed by atoms with Gasteiger partial charge in [0.05, 0.1) is 4.99 Å². The zero-order chi connectivity index (χ0) is 19.4. The zero-order valence-corrected chi connectivity index (χ0v) is 18.7. The molecule has 2 nitrogen and oxygen atoms in total. The van der Waals surface area contributed by atoms with Gasteiger partial charge in [0.15, 0.2) is 0 Å². The molecule has 0 spiro atoms. The summed E-state index contributed by atoms with van der Waals surface area (Å²) < 4.78 is 0. The topological polar surface area (TPSA) is 38.0 Å². The molecule has 0 aromatic heterocycles. The lowest BCUT2D eigenvalue weighted by molar-refractivity contribution is 0.218. The molecule has 0 heterocycles. The van der Waals surface area contributed by atoms with E-state index in [0.29, 0.717) is 11.5 Å². The maximum atomic E-state index is 6.21. The van der Waals surface area contributed by atoms with Crippen LogP contribution in [0.5, 0.6) is 0 Å². The van der Waals surface area contributed by atoms with Crippen molar-refractivity contribution in [3.63, 3.8) is 0 Å². The first-order valence-corrected chi connectivity index (χ1v) is 12.9. The van der Waals surface area contributed by atoms with Gasteiger partial charge >= 0.3 is 0 Å². The quantitative estimate of drug-likeness (QED) is 0.671. The number of hydrogen-bond donors (Lipinski definition) is 2. The highest BCUT2D eigenvalue weighted by Gasteiger charge is 2.69. The Kier molecular flexibility index (Phi) is 5.04. The number of nitrogens with two attached hydrogens (primary N) is 1. The summed E-state index contributed by atoms with van der Waals surface area (Å²) in [6.45, 7) is 0.847. The second-order valence-electron chi connectivity index (χ2n) is 10.1. The summed E-state index contributed by atoms with van der Waals surface area (Å²) in [4.78, 5) is 1.22. The fourth-order valence-corrected chi connectivity index (χ4v) is 9.27. The average molecular weight is 415 g/mol. The van der Waals surface area contributed by atoms with E-state index < -0.39 is 0 Å². The molecule has 1 aromatic carbocycles. The molecule has 5 atom stereocenters. The van der Waals surface area contributed by atoms with Gasteiger partial charge in [0.2, 0.25) is 0 Å². The van der Waals surface area contributed by atoms with Crippen LogP contribution in [0.1, 0.15) is 56.9 Å². The van der Waals surface area contributed by atoms with Crippen molar-refractivity contribution in [2.75, 3.05) is 12.8 Å². The van der Waals surface area contributed by atoms with E-state index in [1.807, 2.05) is 0 Å². The van der Waals surface area contributed by atoms with Crippen molar-refractivity contribution in [2.45, 2.75) is 68.1 Å². The first kappa shape index (κ1) is 19.4. The van der Waals surface area contributed by atoms with Gasteiger partial charge < -0.3 is 11.1 Å². The summed E-state index contributed by atoms with van der Waals surface area (Å²) in [5, 5.41) is 4.70. The molecule has 5 saturated carbocycles. The standard InChI is InChI=1S/C24H34N2S2/c1-28-21-17-11-23(18-5-3-2-4-6-18)13-20(21)24(12-17,15-23)22(27)26-19-9-7-16(14-25)8-10-19/h2-6,16-17,19-21H,7-15,25H2,1H3,(H,26,27). The largest absolute Gasteiger partial charge is 0.376 e. The van der Waals surface area contributed by atoms with Gasteiger partial charge in [0, 0.05) is 16.7 Å². The van der Waals surface area contributed by atoms with Crippen LogP contribution in [0.4, 0.5) is 0 Å². The lowest BCUT2D eigenvalue weighted by Gasteiger charge is -2.43. The van der Waals surface area contributed by atoms with E-state index in [4.69, 9.17) is 18.0 Å². The zero-order valence-electron chi connectivity index (χ0n) is 17.0. The Balaban J connectivity index is 1.39. The Bertz CT molecular complexity index is 729. The molecule has 0 radical (unpaired) electrons. The molecule has 5 aliphatic carbocycles. The van der Waals surface area contributed by atoms with E-state index in [2.05, 4.69) is 53.7 Å². The van der Waals surface area contributed by atoms with Crippen LogP contribution < -0.4 is 11.1 Å². The van der Waals surface area contributed by atoms with Crippen LogP contribution in [-0.2, 0) is 5.41 Å². The van der Waals surface area contributed by atoms with Crippen molar-refractivity contribution in [3.8, 4) is 0 Å². The van der Waals surface area contributed by atoms with E-state index in [9.17, 15) is 0 Å². The van der Waals surface area contributed by atoms with Crippen LogP contribution in [-0.4, -0.2) is 29.1 Å². The third-order valence-corrected chi connectivity index (χ3v) is 10.5. The molecule has 4 heteroatoms. The number of nitrogens with one attached hydrogen (secondary N) is 1. The summed E-state index contributed by atoms with van der Waals surface area (Å²) >= 11 is 8.32. The lowest BCUT2D eigenvalue weighted by atomic mass is 9.63.